The second kappa shape index (κ2) is 9.91. The lowest BCUT2D eigenvalue weighted by Gasteiger charge is -2.36. The summed E-state index contributed by atoms with van der Waals surface area (Å²) < 4.78 is 42.8. The van der Waals surface area contributed by atoms with Crippen LogP contribution in [0.3, 0.4) is 0 Å². The van der Waals surface area contributed by atoms with Crippen molar-refractivity contribution >= 4 is 29.1 Å². The highest BCUT2D eigenvalue weighted by molar-refractivity contribution is 6.30. The molecule has 2 aromatic carbocycles. The molecule has 2 aromatic rings. The number of halogens is 4. The van der Waals surface area contributed by atoms with Crippen LogP contribution < -0.4 is 15.0 Å². The van der Waals surface area contributed by atoms with E-state index in [0.29, 0.717) is 31.2 Å². The fourth-order valence-electron chi connectivity index (χ4n) is 3.09. The maximum Gasteiger partial charge on any atom is 0.416 e. The average molecular weight is 456 g/mol. The molecule has 166 valence electrons. The number of amides is 2. The fourth-order valence-corrected chi connectivity index (χ4v) is 3.22. The second-order valence-corrected chi connectivity index (χ2v) is 7.37. The smallest absolute Gasteiger partial charge is 0.416 e. The number of piperazine rings is 1. The van der Waals surface area contributed by atoms with Crippen molar-refractivity contribution in [1.29, 1.82) is 0 Å². The maximum absolute atomic E-state index is 12.5. The Morgan fingerprint density at radius 3 is 2.16 bits per heavy atom. The van der Waals surface area contributed by atoms with Gasteiger partial charge in [-0.3, -0.25) is 9.59 Å². The number of rotatable bonds is 6. The monoisotopic (exact) mass is 455 g/mol. The van der Waals surface area contributed by atoms with Gasteiger partial charge in [-0.1, -0.05) is 11.6 Å². The Labute approximate surface area is 182 Å². The van der Waals surface area contributed by atoms with E-state index in [2.05, 4.69) is 10.2 Å². The van der Waals surface area contributed by atoms with Gasteiger partial charge in [0.05, 0.1) is 12.1 Å². The molecule has 1 saturated heterocycles. The summed E-state index contributed by atoms with van der Waals surface area (Å²) in [6.07, 6.45) is -4.43. The molecule has 2 amide bonds. The van der Waals surface area contributed by atoms with Gasteiger partial charge in [-0.25, -0.2) is 0 Å². The quantitative estimate of drug-likeness (QED) is 0.726. The summed E-state index contributed by atoms with van der Waals surface area (Å²) in [6.45, 7) is 1.81. The Morgan fingerprint density at radius 1 is 0.968 bits per heavy atom. The van der Waals surface area contributed by atoms with E-state index in [4.69, 9.17) is 16.3 Å². The highest BCUT2D eigenvalue weighted by Crippen LogP contribution is 2.30. The molecule has 0 spiro atoms. The highest BCUT2D eigenvalue weighted by atomic mass is 35.5. The van der Waals surface area contributed by atoms with Gasteiger partial charge in [0.1, 0.15) is 5.75 Å². The molecule has 0 aromatic heterocycles. The molecular weight excluding hydrogens is 435 g/mol. The predicted octanol–water partition coefficient (Wildman–Crippen LogP) is 3.20. The van der Waals surface area contributed by atoms with Crippen LogP contribution in [-0.4, -0.2) is 56.0 Å². The number of nitrogens with zero attached hydrogens (tertiary/aromatic N) is 2. The van der Waals surface area contributed by atoms with E-state index in [0.717, 1.165) is 30.0 Å². The molecule has 1 fully saturated rings. The third-order valence-corrected chi connectivity index (χ3v) is 5.06. The molecule has 6 nitrogen and oxygen atoms in total. The van der Waals surface area contributed by atoms with E-state index in [-0.39, 0.29) is 18.2 Å². The zero-order chi connectivity index (χ0) is 22.4. The number of benzene rings is 2. The SMILES string of the molecule is O=C(COc1ccc(C(F)(F)F)cc1)NCC(=O)N1CCN(c2ccc(Cl)cc2)CC1. The van der Waals surface area contributed by atoms with Crippen molar-refractivity contribution < 1.29 is 27.5 Å². The van der Waals surface area contributed by atoms with E-state index in [1.165, 1.54) is 0 Å². The molecule has 1 heterocycles. The summed E-state index contributed by atoms with van der Waals surface area (Å²) in [6, 6.07) is 11.5. The van der Waals surface area contributed by atoms with Crippen molar-refractivity contribution in [2.24, 2.45) is 0 Å². The maximum atomic E-state index is 12.5. The van der Waals surface area contributed by atoms with Crippen LogP contribution in [0.1, 0.15) is 5.56 Å². The molecule has 31 heavy (non-hydrogen) atoms. The molecular formula is C21H21ClF3N3O3. The minimum absolute atomic E-state index is 0.132. The molecule has 0 aliphatic carbocycles. The summed E-state index contributed by atoms with van der Waals surface area (Å²) in [7, 11) is 0. The Morgan fingerprint density at radius 2 is 1.58 bits per heavy atom. The minimum Gasteiger partial charge on any atom is -0.484 e. The lowest BCUT2D eigenvalue weighted by molar-refractivity contribution is -0.137. The van der Waals surface area contributed by atoms with Crippen molar-refractivity contribution in [3.8, 4) is 5.75 Å². The summed E-state index contributed by atoms with van der Waals surface area (Å²) in [4.78, 5) is 28.0. The van der Waals surface area contributed by atoms with E-state index in [1.54, 1.807) is 4.90 Å². The van der Waals surface area contributed by atoms with Crippen LogP contribution in [0, 0.1) is 0 Å². The number of alkyl halides is 3. The van der Waals surface area contributed by atoms with Crippen molar-refractivity contribution in [1.82, 2.24) is 10.2 Å². The normalized spacial score (nSPS) is 14.3. The van der Waals surface area contributed by atoms with Crippen LogP contribution in [-0.2, 0) is 15.8 Å². The molecule has 1 aliphatic rings. The van der Waals surface area contributed by atoms with E-state index in [1.807, 2.05) is 24.3 Å². The zero-order valence-electron chi connectivity index (χ0n) is 16.5. The predicted molar refractivity (Wildman–Crippen MR) is 110 cm³/mol. The number of carbonyl (C=O) groups excluding carboxylic acids is 2. The highest BCUT2D eigenvalue weighted by Gasteiger charge is 2.30. The molecule has 0 saturated carbocycles. The van der Waals surface area contributed by atoms with Gasteiger partial charge in [0.15, 0.2) is 6.61 Å². The molecule has 1 N–H and O–H groups in total. The van der Waals surface area contributed by atoms with Crippen molar-refractivity contribution in [2.45, 2.75) is 6.18 Å². The lowest BCUT2D eigenvalue weighted by atomic mass is 10.2. The fraction of sp³-hybridized carbons (Fsp3) is 0.333. The Balaban J connectivity index is 1.37. The average Bonchev–Trinajstić information content (AvgIpc) is 2.76. The van der Waals surface area contributed by atoms with Gasteiger partial charge in [0, 0.05) is 36.9 Å². The number of hydrogen-bond acceptors (Lipinski definition) is 4. The summed E-state index contributed by atoms with van der Waals surface area (Å²) in [5.41, 5.74) is 0.233. The number of nitrogens with one attached hydrogen (secondary N) is 1. The first-order valence-electron chi connectivity index (χ1n) is 9.57. The first-order chi connectivity index (χ1) is 14.7. The topological polar surface area (TPSA) is 61.9 Å². The van der Waals surface area contributed by atoms with Crippen LogP contribution >= 0.6 is 11.6 Å². The summed E-state index contributed by atoms with van der Waals surface area (Å²) >= 11 is 5.90. The molecule has 0 bridgehead atoms. The number of anilines is 1. The standard InChI is InChI=1S/C21H21ClF3N3O3/c22-16-3-5-17(6-4-16)27-9-11-28(12-10-27)20(30)13-26-19(29)14-31-18-7-1-15(2-8-18)21(23,24)25/h1-8H,9-14H2,(H,26,29). The molecule has 0 unspecified atom stereocenters. The Hall–Kier alpha value is -2.94. The van der Waals surface area contributed by atoms with Crippen LogP contribution in [0.2, 0.25) is 5.02 Å². The van der Waals surface area contributed by atoms with E-state index >= 15 is 0 Å². The molecule has 0 radical (unpaired) electrons. The number of hydrogen-bond donors (Lipinski definition) is 1. The third-order valence-electron chi connectivity index (χ3n) is 4.81. The van der Waals surface area contributed by atoms with Gasteiger partial charge in [0.2, 0.25) is 5.91 Å². The number of carbonyl (C=O) groups is 2. The van der Waals surface area contributed by atoms with Gasteiger partial charge in [-0.05, 0) is 48.5 Å². The van der Waals surface area contributed by atoms with Gasteiger partial charge < -0.3 is 19.9 Å². The first kappa shape index (κ1) is 22.7. The minimum atomic E-state index is -4.43. The molecule has 3 rings (SSSR count). The summed E-state index contributed by atoms with van der Waals surface area (Å²) in [5, 5.41) is 3.13. The van der Waals surface area contributed by atoms with E-state index in [9.17, 15) is 22.8 Å². The van der Waals surface area contributed by atoms with Crippen LogP contribution in [0.5, 0.6) is 5.75 Å². The summed E-state index contributed by atoms with van der Waals surface area (Å²) in [5.74, 6) is -0.612. The van der Waals surface area contributed by atoms with Gasteiger partial charge in [0.25, 0.3) is 5.91 Å². The van der Waals surface area contributed by atoms with E-state index < -0.39 is 24.3 Å². The van der Waals surface area contributed by atoms with Crippen LogP contribution in [0.15, 0.2) is 48.5 Å². The van der Waals surface area contributed by atoms with Gasteiger partial charge in [-0.15, -0.1) is 0 Å². The zero-order valence-corrected chi connectivity index (χ0v) is 17.2. The van der Waals surface area contributed by atoms with Crippen molar-refractivity contribution in [3.63, 3.8) is 0 Å². The lowest BCUT2D eigenvalue weighted by Crippen LogP contribution is -2.51. The molecule has 10 heteroatoms. The second-order valence-electron chi connectivity index (χ2n) is 6.93. The first-order valence-corrected chi connectivity index (χ1v) is 9.95. The van der Waals surface area contributed by atoms with Crippen LogP contribution in [0.4, 0.5) is 18.9 Å². The number of ether oxygens (including phenoxy) is 1. The van der Waals surface area contributed by atoms with Gasteiger partial charge >= 0.3 is 6.18 Å². The Bertz CT molecular complexity index is 897. The van der Waals surface area contributed by atoms with Crippen molar-refractivity contribution in [3.05, 3.63) is 59.1 Å². The van der Waals surface area contributed by atoms with Gasteiger partial charge in [-0.2, -0.15) is 13.2 Å². The van der Waals surface area contributed by atoms with Crippen LogP contribution in [0.25, 0.3) is 0 Å². The largest absolute Gasteiger partial charge is 0.484 e. The molecule has 0 atom stereocenters. The third kappa shape index (κ3) is 6.52. The Kier molecular flexibility index (Phi) is 7.27. The van der Waals surface area contributed by atoms with Crippen molar-refractivity contribution in [2.75, 3.05) is 44.2 Å². The molecule has 1 aliphatic heterocycles.